The van der Waals surface area contributed by atoms with Crippen molar-refractivity contribution in [1.29, 1.82) is 0 Å². The van der Waals surface area contributed by atoms with Crippen molar-refractivity contribution in [1.82, 2.24) is 5.32 Å². The van der Waals surface area contributed by atoms with Gasteiger partial charge < -0.3 is 16.2 Å². The Morgan fingerprint density at radius 3 is 2.70 bits per heavy atom. The SMILES string of the molecule is CNC1CCCC(O)C1N. The summed E-state index contributed by atoms with van der Waals surface area (Å²) >= 11 is 0. The van der Waals surface area contributed by atoms with Gasteiger partial charge in [0.1, 0.15) is 0 Å². The van der Waals surface area contributed by atoms with Crippen LogP contribution in [0, 0.1) is 0 Å². The average Bonchev–Trinajstić information content (AvgIpc) is 1.95. The van der Waals surface area contributed by atoms with Crippen LogP contribution in [-0.2, 0) is 0 Å². The Morgan fingerprint density at radius 2 is 2.20 bits per heavy atom. The van der Waals surface area contributed by atoms with Gasteiger partial charge in [0.15, 0.2) is 0 Å². The molecule has 0 aromatic rings. The van der Waals surface area contributed by atoms with Crippen LogP contribution in [0.25, 0.3) is 0 Å². The van der Waals surface area contributed by atoms with Crippen LogP contribution in [0.3, 0.4) is 0 Å². The van der Waals surface area contributed by atoms with Gasteiger partial charge in [0.05, 0.1) is 6.10 Å². The van der Waals surface area contributed by atoms with Crippen LogP contribution in [0.1, 0.15) is 19.3 Å². The van der Waals surface area contributed by atoms with E-state index in [0.717, 1.165) is 19.3 Å². The van der Waals surface area contributed by atoms with Gasteiger partial charge in [-0.3, -0.25) is 0 Å². The fourth-order valence-electron chi connectivity index (χ4n) is 1.54. The van der Waals surface area contributed by atoms with Crippen LogP contribution in [0.2, 0.25) is 0 Å². The summed E-state index contributed by atoms with van der Waals surface area (Å²) in [5.41, 5.74) is 5.72. The molecule has 1 saturated carbocycles. The predicted molar refractivity (Wildman–Crippen MR) is 40.7 cm³/mol. The lowest BCUT2D eigenvalue weighted by molar-refractivity contribution is 0.0904. The van der Waals surface area contributed by atoms with E-state index in [1.807, 2.05) is 7.05 Å². The van der Waals surface area contributed by atoms with Crippen molar-refractivity contribution < 1.29 is 5.11 Å². The molecule has 0 heterocycles. The minimum absolute atomic E-state index is 0.0706. The molecule has 10 heavy (non-hydrogen) atoms. The lowest BCUT2D eigenvalue weighted by atomic mass is 9.89. The fourth-order valence-corrected chi connectivity index (χ4v) is 1.54. The summed E-state index contributed by atoms with van der Waals surface area (Å²) in [4.78, 5) is 0. The summed E-state index contributed by atoms with van der Waals surface area (Å²) < 4.78 is 0. The zero-order valence-electron chi connectivity index (χ0n) is 6.38. The Labute approximate surface area is 61.6 Å². The Hall–Kier alpha value is -0.120. The molecule has 0 amide bonds. The summed E-state index contributed by atoms with van der Waals surface area (Å²) in [6, 6.07) is 0.238. The van der Waals surface area contributed by atoms with Crippen LogP contribution in [0.4, 0.5) is 0 Å². The second kappa shape index (κ2) is 3.32. The van der Waals surface area contributed by atoms with Gasteiger partial charge in [0.2, 0.25) is 0 Å². The van der Waals surface area contributed by atoms with Crippen molar-refractivity contribution in [2.75, 3.05) is 7.05 Å². The van der Waals surface area contributed by atoms with Crippen molar-refractivity contribution in [2.24, 2.45) is 5.73 Å². The molecule has 0 saturated heterocycles. The first-order valence-corrected chi connectivity index (χ1v) is 3.86. The molecule has 0 spiro atoms. The van der Waals surface area contributed by atoms with Crippen molar-refractivity contribution in [3.05, 3.63) is 0 Å². The van der Waals surface area contributed by atoms with Gasteiger partial charge in [-0.25, -0.2) is 0 Å². The van der Waals surface area contributed by atoms with E-state index in [0.29, 0.717) is 6.04 Å². The molecular weight excluding hydrogens is 128 g/mol. The first kappa shape index (κ1) is 7.98. The van der Waals surface area contributed by atoms with Crippen molar-refractivity contribution in [3.8, 4) is 0 Å². The lowest BCUT2D eigenvalue weighted by Gasteiger charge is -2.32. The van der Waals surface area contributed by atoms with E-state index in [1.54, 1.807) is 0 Å². The molecule has 0 aliphatic heterocycles. The second-order valence-electron chi connectivity index (χ2n) is 2.97. The van der Waals surface area contributed by atoms with Crippen LogP contribution < -0.4 is 11.1 Å². The molecule has 0 bridgehead atoms. The lowest BCUT2D eigenvalue weighted by Crippen LogP contribution is -2.53. The maximum Gasteiger partial charge on any atom is 0.0706 e. The highest BCUT2D eigenvalue weighted by molar-refractivity contribution is 4.88. The number of hydrogen-bond acceptors (Lipinski definition) is 3. The van der Waals surface area contributed by atoms with Crippen molar-refractivity contribution in [2.45, 2.75) is 37.5 Å². The number of nitrogens with two attached hydrogens (primary N) is 1. The van der Waals surface area contributed by atoms with E-state index in [-0.39, 0.29) is 12.1 Å². The number of nitrogens with one attached hydrogen (secondary N) is 1. The number of likely N-dealkylation sites (N-methyl/N-ethyl adjacent to an activating group) is 1. The van der Waals surface area contributed by atoms with Gasteiger partial charge in [-0.15, -0.1) is 0 Å². The van der Waals surface area contributed by atoms with E-state index in [4.69, 9.17) is 5.73 Å². The Balaban J connectivity index is 2.42. The van der Waals surface area contributed by atoms with Crippen LogP contribution in [0.5, 0.6) is 0 Å². The molecule has 0 radical (unpaired) electrons. The molecule has 1 aliphatic carbocycles. The minimum atomic E-state index is -0.300. The van der Waals surface area contributed by atoms with Gasteiger partial charge in [-0.1, -0.05) is 0 Å². The Bertz CT molecular complexity index is 108. The second-order valence-corrected chi connectivity index (χ2v) is 2.97. The maximum absolute atomic E-state index is 9.31. The molecule has 3 nitrogen and oxygen atoms in total. The Morgan fingerprint density at radius 1 is 1.50 bits per heavy atom. The van der Waals surface area contributed by atoms with Gasteiger partial charge in [0.25, 0.3) is 0 Å². The van der Waals surface area contributed by atoms with Gasteiger partial charge in [-0.05, 0) is 26.3 Å². The molecule has 60 valence electrons. The van der Waals surface area contributed by atoms with Crippen LogP contribution in [-0.4, -0.2) is 30.3 Å². The molecule has 3 unspecified atom stereocenters. The predicted octanol–water partition coefficient (Wildman–Crippen LogP) is -0.553. The van der Waals surface area contributed by atoms with Gasteiger partial charge in [0, 0.05) is 12.1 Å². The molecule has 3 atom stereocenters. The third-order valence-electron chi connectivity index (χ3n) is 2.29. The summed E-state index contributed by atoms with van der Waals surface area (Å²) in [5, 5.41) is 12.4. The third-order valence-corrected chi connectivity index (χ3v) is 2.29. The Kier molecular flexibility index (Phi) is 2.65. The van der Waals surface area contributed by atoms with Crippen LogP contribution >= 0.6 is 0 Å². The molecule has 3 heteroatoms. The molecule has 0 aromatic carbocycles. The highest BCUT2D eigenvalue weighted by atomic mass is 16.3. The zero-order chi connectivity index (χ0) is 7.56. The molecule has 0 aromatic heterocycles. The molecule has 1 aliphatic rings. The highest BCUT2D eigenvalue weighted by Gasteiger charge is 2.27. The first-order valence-electron chi connectivity index (χ1n) is 3.86. The molecular formula is C7H16N2O. The zero-order valence-corrected chi connectivity index (χ0v) is 6.38. The monoisotopic (exact) mass is 144 g/mol. The number of aliphatic hydroxyl groups excluding tert-OH is 1. The largest absolute Gasteiger partial charge is 0.391 e. The van der Waals surface area contributed by atoms with Gasteiger partial charge in [-0.2, -0.15) is 0 Å². The summed E-state index contributed by atoms with van der Waals surface area (Å²) in [5.74, 6) is 0. The summed E-state index contributed by atoms with van der Waals surface area (Å²) in [6.07, 6.45) is 2.74. The number of aliphatic hydroxyl groups is 1. The van der Waals surface area contributed by atoms with E-state index in [2.05, 4.69) is 5.32 Å². The van der Waals surface area contributed by atoms with E-state index in [9.17, 15) is 5.11 Å². The van der Waals surface area contributed by atoms with Crippen molar-refractivity contribution in [3.63, 3.8) is 0 Å². The topological polar surface area (TPSA) is 58.3 Å². The number of rotatable bonds is 1. The smallest absolute Gasteiger partial charge is 0.0706 e. The number of hydrogen-bond donors (Lipinski definition) is 3. The normalized spacial score (nSPS) is 41.7. The average molecular weight is 144 g/mol. The fraction of sp³-hybridized carbons (Fsp3) is 1.00. The molecule has 1 rings (SSSR count). The van der Waals surface area contributed by atoms with E-state index >= 15 is 0 Å². The highest BCUT2D eigenvalue weighted by Crippen LogP contribution is 2.16. The summed E-state index contributed by atoms with van der Waals surface area (Å²) in [7, 11) is 1.89. The van der Waals surface area contributed by atoms with Crippen molar-refractivity contribution >= 4 is 0 Å². The maximum atomic E-state index is 9.31. The molecule has 4 N–H and O–H groups in total. The quantitative estimate of drug-likeness (QED) is 0.462. The third kappa shape index (κ3) is 1.48. The van der Waals surface area contributed by atoms with Crippen LogP contribution in [0.15, 0.2) is 0 Å². The first-order chi connectivity index (χ1) is 4.75. The van der Waals surface area contributed by atoms with E-state index in [1.165, 1.54) is 0 Å². The van der Waals surface area contributed by atoms with Gasteiger partial charge >= 0.3 is 0 Å². The standard InChI is InChI=1S/C7H16N2O/c1-9-5-3-2-4-6(10)7(5)8/h5-7,9-10H,2-4,8H2,1H3. The minimum Gasteiger partial charge on any atom is -0.391 e. The molecule has 1 fully saturated rings. The van der Waals surface area contributed by atoms with E-state index < -0.39 is 0 Å². The summed E-state index contributed by atoms with van der Waals surface area (Å²) in [6.45, 7) is 0.